The standard InChI is InChI=1S/C11H14N2O5/c1-3-6-18-11(14)12-9-7-8(13(15)16)4-5-10(9)17-2/h4-5,7H,3,6H2,1-2H3,(H,12,14). The number of nitrogens with one attached hydrogen (secondary N) is 1. The van der Waals surface area contributed by atoms with Gasteiger partial charge in [-0.3, -0.25) is 15.4 Å². The molecule has 98 valence electrons. The third-order valence-corrected chi connectivity index (χ3v) is 2.07. The number of rotatable bonds is 5. The predicted molar refractivity (Wildman–Crippen MR) is 64.9 cm³/mol. The summed E-state index contributed by atoms with van der Waals surface area (Å²) < 4.78 is 9.81. The smallest absolute Gasteiger partial charge is 0.411 e. The quantitative estimate of drug-likeness (QED) is 0.644. The maximum absolute atomic E-state index is 11.4. The third-order valence-electron chi connectivity index (χ3n) is 2.07. The van der Waals surface area contributed by atoms with Crippen molar-refractivity contribution in [2.45, 2.75) is 13.3 Å². The van der Waals surface area contributed by atoms with Gasteiger partial charge in [-0.1, -0.05) is 6.92 Å². The Morgan fingerprint density at radius 2 is 2.22 bits per heavy atom. The number of non-ortho nitro benzene ring substituents is 1. The van der Waals surface area contributed by atoms with E-state index in [0.29, 0.717) is 12.2 Å². The number of anilines is 1. The van der Waals surface area contributed by atoms with Crippen LogP contribution in [-0.4, -0.2) is 24.7 Å². The van der Waals surface area contributed by atoms with Crippen molar-refractivity contribution in [2.24, 2.45) is 0 Å². The van der Waals surface area contributed by atoms with E-state index in [1.165, 1.54) is 25.3 Å². The molecule has 0 atom stereocenters. The molecule has 0 radical (unpaired) electrons. The molecule has 7 heteroatoms. The highest BCUT2D eigenvalue weighted by Gasteiger charge is 2.13. The molecule has 0 spiro atoms. The molecule has 1 amide bonds. The Balaban J connectivity index is 2.87. The van der Waals surface area contributed by atoms with Crippen LogP contribution in [0.25, 0.3) is 0 Å². The highest BCUT2D eigenvalue weighted by atomic mass is 16.6. The second-order valence-corrected chi connectivity index (χ2v) is 3.40. The Labute approximate surface area is 104 Å². The van der Waals surface area contributed by atoms with Crippen LogP contribution >= 0.6 is 0 Å². The molecule has 1 rings (SSSR count). The molecule has 0 aliphatic rings. The number of ether oxygens (including phenoxy) is 2. The van der Waals surface area contributed by atoms with Crippen LogP contribution in [0.3, 0.4) is 0 Å². The summed E-state index contributed by atoms with van der Waals surface area (Å²) in [5, 5.41) is 13.0. The summed E-state index contributed by atoms with van der Waals surface area (Å²) in [6, 6.07) is 3.92. The number of carbonyl (C=O) groups is 1. The minimum atomic E-state index is -0.671. The molecule has 0 fully saturated rings. The van der Waals surface area contributed by atoms with Crippen LogP contribution in [0.2, 0.25) is 0 Å². The van der Waals surface area contributed by atoms with Crippen LogP contribution in [0.5, 0.6) is 5.75 Å². The van der Waals surface area contributed by atoms with E-state index in [2.05, 4.69) is 5.32 Å². The predicted octanol–water partition coefficient (Wildman–Crippen LogP) is 2.56. The van der Waals surface area contributed by atoms with Gasteiger partial charge < -0.3 is 9.47 Å². The van der Waals surface area contributed by atoms with Crippen molar-refractivity contribution in [3.63, 3.8) is 0 Å². The van der Waals surface area contributed by atoms with Crippen LogP contribution < -0.4 is 10.1 Å². The van der Waals surface area contributed by atoms with E-state index in [0.717, 1.165) is 0 Å². The van der Waals surface area contributed by atoms with E-state index in [4.69, 9.17) is 9.47 Å². The van der Waals surface area contributed by atoms with Crippen LogP contribution in [-0.2, 0) is 4.74 Å². The Morgan fingerprint density at radius 3 is 2.78 bits per heavy atom. The molecule has 0 bridgehead atoms. The van der Waals surface area contributed by atoms with Crippen molar-refractivity contribution in [2.75, 3.05) is 19.0 Å². The SMILES string of the molecule is CCCOC(=O)Nc1cc([N+](=O)[O-])ccc1OC. The van der Waals surface area contributed by atoms with Crippen molar-refractivity contribution in [3.05, 3.63) is 28.3 Å². The average molecular weight is 254 g/mol. The molecule has 0 saturated heterocycles. The number of nitrogens with zero attached hydrogens (tertiary/aromatic N) is 1. The summed E-state index contributed by atoms with van der Waals surface area (Å²) in [7, 11) is 1.41. The molecule has 1 N–H and O–H groups in total. The molecule has 0 unspecified atom stereocenters. The summed E-state index contributed by atoms with van der Waals surface area (Å²) in [4.78, 5) is 21.4. The lowest BCUT2D eigenvalue weighted by Crippen LogP contribution is -2.14. The lowest BCUT2D eigenvalue weighted by atomic mass is 10.2. The fraction of sp³-hybridized carbons (Fsp3) is 0.364. The zero-order chi connectivity index (χ0) is 13.5. The minimum absolute atomic E-state index is 0.137. The van der Waals surface area contributed by atoms with Gasteiger partial charge in [0.15, 0.2) is 0 Å². The molecule has 0 saturated carbocycles. The first-order chi connectivity index (χ1) is 8.58. The summed E-state index contributed by atoms with van der Waals surface area (Å²) in [6.45, 7) is 2.14. The first kappa shape index (κ1) is 13.8. The van der Waals surface area contributed by atoms with Gasteiger partial charge in [-0.15, -0.1) is 0 Å². The van der Waals surface area contributed by atoms with Gasteiger partial charge in [0.25, 0.3) is 5.69 Å². The van der Waals surface area contributed by atoms with E-state index in [-0.39, 0.29) is 18.0 Å². The van der Waals surface area contributed by atoms with Crippen LogP contribution in [0, 0.1) is 10.1 Å². The summed E-state index contributed by atoms with van der Waals surface area (Å²) >= 11 is 0. The zero-order valence-electron chi connectivity index (χ0n) is 10.1. The zero-order valence-corrected chi connectivity index (χ0v) is 10.1. The van der Waals surface area contributed by atoms with E-state index in [1.807, 2.05) is 6.92 Å². The molecule has 0 aliphatic carbocycles. The number of nitro benzene ring substituents is 1. The van der Waals surface area contributed by atoms with Gasteiger partial charge in [0, 0.05) is 12.1 Å². The molecule has 18 heavy (non-hydrogen) atoms. The maximum atomic E-state index is 11.4. The molecular formula is C11H14N2O5. The number of benzene rings is 1. The summed E-state index contributed by atoms with van der Waals surface area (Å²) in [5.74, 6) is 0.328. The monoisotopic (exact) mass is 254 g/mol. The van der Waals surface area contributed by atoms with Gasteiger partial charge in [-0.2, -0.15) is 0 Å². The van der Waals surface area contributed by atoms with Crippen molar-refractivity contribution in [1.29, 1.82) is 0 Å². The average Bonchev–Trinajstić information content (AvgIpc) is 2.36. The molecule has 0 aromatic heterocycles. The Hall–Kier alpha value is -2.31. The number of nitro groups is 1. The number of amides is 1. The van der Waals surface area contributed by atoms with E-state index < -0.39 is 11.0 Å². The van der Waals surface area contributed by atoms with E-state index in [1.54, 1.807) is 0 Å². The lowest BCUT2D eigenvalue weighted by Gasteiger charge is -2.09. The number of hydrogen-bond acceptors (Lipinski definition) is 5. The highest BCUT2D eigenvalue weighted by molar-refractivity contribution is 5.87. The molecule has 1 aromatic rings. The number of methoxy groups -OCH3 is 1. The number of carbonyl (C=O) groups excluding carboxylic acids is 1. The summed E-state index contributed by atoms with van der Waals surface area (Å²) in [5.41, 5.74) is 0.0643. The fourth-order valence-corrected chi connectivity index (χ4v) is 1.25. The second kappa shape index (κ2) is 6.43. The van der Waals surface area contributed by atoms with Crippen LogP contribution in [0.1, 0.15) is 13.3 Å². The first-order valence-electron chi connectivity index (χ1n) is 5.34. The second-order valence-electron chi connectivity index (χ2n) is 3.40. The van der Waals surface area contributed by atoms with Gasteiger partial charge in [-0.05, 0) is 12.5 Å². The lowest BCUT2D eigenvalue weighted by molar-refractivity contribution is -0.384. The van der Waals surface area contributed by atoms with Crippen molar-refractivity contribution >= 4 is 17.5 Å². The minimum Gasteiger partial charge on any atom is -0.495 e. The van der Waals surface area contributed by atoms with Gasteiger partial charge in [-0.25, -0.2) is 4.79 Å². The summed E-state index contributed by atoms with van der Waals surface area (Å²) in [6.07, 6.45) is 0.0232. The molecule has 0 aliphatic heterocycles. The first-order valence-corrected chi connectivity index (χ1v) is 5.34. The van der Waals surface area contributed by atoms with Crippen molar-refractivity contribution in [1.82, 2.24) is 0 Å². The maximum Gasteiger partial charge on any atom is 0.411 e. The topological polar surface area (TPSA) is 90.7 Å². The molecule has 7 nitrogen and oxygen atoms in total. The van der Waals surface area contributed by atoms with Crippen molar-refractivity contribution < 1.29 is 19.2 Å². The van der Waals surface area contributed by atoms with Crippen molar-refractivity contribution in [3.8, 4) is 5.75 Å². The van der Waals surface area contributed by atoms with Gasteiger partial charge in [0.2, 0.25) is 0 Å². The fourth-order valence-electron chi connectivity index (χ4n) is 1.25. The molecular weight excluding hydrogens is 240 g/mol. The van der Waals surface area contributed by atoms with Gasteiger partial charge in [0.05, 0.1) is 24.3 Å². The number of hydrogen-bond donors (Lipinski definition) is 1. The highest BCUT2D eigenvalue weighted by Crippen LogP contribution is 2.28. The van der Waals surface area contributed by atoms with E-state index >= 15 is 0 Å². The normalized spacial score (nSPS) is 9.67. The van der Waals surface area contributed by atoms with E-state index in [9.17, 15) is 14.9 Å². The Kier molecular flexibility index (Phi) is 4.91. The van der Waals surface area contributed by atoms with Crippen LogP contribution in [0.15, 0.2) is 18.2 Å². The Morgan fingerprint density at radius 1 is 1.50 bits per heavy atom. The van der Waals surface area contributed by atoms with Gasteiger partial charge >= 0.3 is 6.09 Å². The van der Waals surface area contributed by atoms with Gasteiger partial charge in [0.1, 0.15) is 5.75 Å². The third kappa shape index (κ3) is 3.62. The molecule has 0 heterocycles. The van der Waals surface area contributed by atoms with Crippen LogP contribution in [0.4, 0.5) is 16.2 Å². The molecule has 1 aromatic carbocycles. The largest absolute Gasteiger partial charge is 0.495 e. The Bertz CT molecular complexity index is 447.